The third kappa shape index (κ3) is 3.85. The fourth-order valence-electron chi connectivity index (χ4n) is 13.2. The van der Waals surface area contributed by atoms with Crippen molar-refractivity contribution in [3.05, 3.63) is 35.4 Å². The molecule has 0 unspecified atom stereocenters. The molecule has 5 heteroatoms. The van der Waals surface area contributed by atoms with Crippen LogP contribution in [-0.2, 0) is 9.47 Å². The van der Waals surface area contributed by atoms with Crippen molar-refractivity contribution in [2.24, 2.45) is 56.2 Å². The molecule has 1 aromatic carbocycles. The van der Waals surface area contributed by atoms with Crippen LogP contribution >= 0.6 is 0 Å². The van der Waals surface area contributed by atoms with Crippen LogP contribution in [0.3, 0.4) is 0 Å². The summed E-state index contributed by atoms with van der Waals surface area (Å²) < 4.78 is 13.0. The molecule has 1 aromatic rings. The number of ether oxygens (including phenoxy) is 2. The van der Waals surface area contributed by atoms with Crippen LogP contribution in [0, 0.1) is 56.2 Å². The second-order valence-corrected chi connectivity index (χ2v) is 17.9. The van der Waals surface area contributed by atoms with Crippen LogP contribution in [0.25, 0.3) is 0 Å². The molecule has 1 saturated heterocycles. The Labute approximate surface area is 258 Å². The average Bonchev–Trinajstić information content (AvgIpc) is 3.29. The van der Waals surface area contributed by atoms with E-state index in [2.05, 4.69) is 48.5 Å². The second-order valence-electron chi connectivity index (χ2n) is 17.9. The number of hydrogen-bond acceptors (Lipinski definition) is 4. The van der Waals surface area contributed by atoms with E-state index < -0.39 is 11.9 Å². The number of benzene rings is 1. The summed E-state index contributed by atoms with van der Waals surface area (Å²) in [5.41, 5.74) is 1.49. The van der Waals surface area contributed by atoms with E-state index in [1.165, 1.54) is 57.4 Å². The minimum absolute atomic E-state index is 0.0128. The molecular weight excluding hydrogens is 536 g/mol. The molecule has 2 bridgehead atoms. The summed E-state index contributed by atoms with van der Waals surface area (Å²) in [6, 6.07) is 6.43. The van der Waals surface area contributed by atoms with Gasteiger partial charge in [0.15, 0.2) is 0 Å². The minimum Gasteiger partial charge on any atom is -0.478 e. The highest BCUT2D eigenvalue weighted by Gasteiger charge is 2.73. The molecule has 5 nitrogen and oxygen atoms in total. The maximum Gasteiger partial charge on any atom is 0.339 e. The Bertz CT molecular complexity index is 1330. The number of esters is 1. The maximum atomic E-state index is 13.4. The van der Waals surface area contributed by atoms with Crippen LogP contribution in [0.1, 0.15) is 133 Å². The van der Waals surface area contributed by atoms with Gasteiger partial charge in [0.25, 0.3) is 0 Å². The van der Waals surface area contributed by atoms with E-state index in [0.29, 0.717) is 40.1 Å². The number of carbonyl (C=O) groups is 2. The molecule has 1 N–H and O–H groups in total. The number of fused-ring (bicyclic) bond motifs is 5. The molecule has 43 heavy (non-hydrogen) atoms. The molecule has 236 valence electrons. The normalized spacial score (nSPS) is 47.3. The highest BCUT2D eigenvalue weighted by atomic mass is 16.5. The predicted molar refractivity (Wildman–Crippen MR) is 167 cm³/mol. The van der Waals surface area contributed by atoms with E-state index in [4.69, 9.17) is 9.47 Å². The lowest BCUT2D eigenvalue weighted by Gasteiger charge is -2.73. The van der Waals surface area contributed by atoms with Crippen LogP contribution in [0.15, 0.2) is 24.3 Å². The van der Waals surface area contributed by atoms with Gasteiger partial charge in [0.2, 0.25) is 0 Å². The summed E-state index contributed by atoms with van der Waals surface area (Å²) in [5.74, 6) is 0.976. The molecular formula is C38H54O5. The summed E-state index contributed by atoms with van der Waals surface area (Å²) in [7, 11) is 0. The molecule has 5 aliphatic carbocycles. The Morgan fingerprint density at radius 1 is 0.791 bits per heavy atom. The number of rotatable bonds is 3. The van der Waals surface area contributed by atoms with Gasteiger partial charge in [0.1, 0.15) is 6.10 Å². The van der Waals surface area contributed by atoms with Gasteiger partial charge in [-0.3, -0.25) is 0 Å². The predicted octanol–water partition coefficient (Wildman–Crippen LogP) is 8.80. The van der Waals surface area contributed by atoms with Crippen molar-refractivity contribution in [3.8, 4) is 0 Å². The lowest BCUT2D eigenvalue weighted by Crippen LogP contribution is -2.68. The maximum absolute atomic E-state index is 13.4. The monoisotopic (exact) mass is 590 g/mol. The largest absolute Gasteiger partial charge is 0.478 e. The number of carbonyl (C=O) groups excluding carboxylic acids is 1. The number of carboxylic acids is 1. The molecule has 0 spiro atoms. The van der Waals surface area contributed by atoms with Crippen molar-refractivity contribution in [1.82, 2.24) is 0 Å². The first-order chi connectivity index (χ1) is 20.1. The van der Waals surface area contributed by atoms with Crippen LogP contribution in [0.2, 0.25) is 0 Å². The summed E-state index contributed by atoms with van der Waals surface area (Å²) in [6.45, 7) is 18.5. The first-order valence-corrected chi connectivity index (χ1v) is 17.3. The molecule has 10 atom stereocenters. The first kappa shape index (κ1) is 29.8. The fourth-order valence-corrected chi connectivity index (χ4v) is 13.2. The zero-order chi connectivity index (χ0) is 30.8. The van der Waals surface area contributed by atoms with E-state index in [-0.39, 0.29) is 33.5 Å². The third-order valence-electron chi connectivity index (χ3n) is 15.7. The van der Waals surface area contributed by atoms with Gasteiger partial charge < -0.3 is 14.6 Å². The highest BCUT2D eigenvalue weighted by Crippen LogP contribution is 2.78. The van der Waals surface area contributed by atoms with Crippen molar-refractivity contribution in [2.45, 2.75) is 125 Å². The van der Waals surface area contributed by atoms with Crippen LogP contribution < -0.4 is 0 Å². The summed E-state index contributed by atoms with van der Waals surface area (Å²) in [5, 5.41) is 9.66. The van der Waals surface area contributed by atoms with E-state index in [1.54, 1.807) is 18.2 Å². The van der Waals surface area contributed by atoms with E-state index in [1.807, 2.05) is 0 Å². The Hall–Kier alpha value is -1.88. The van der Waals surface area contributed by atoms with Crippen molar-refractivity contribution in [1.29, 1.82) is 0 Å². The Morgan fingerprint density at radius 3 is 2.21 bits per heavy atom. The zero-order valence-electron chi connectivity index (χ0n) is 27.6. The first-order valence-electron chi connectivity index (χ1n) is 17.3. The molecule has 7 rings (SSSR count). The lowest BCUT2D eigenvalue weighted by atomic mass is 9.31. The summed E-state index contributed by atoms with van der Waals surface area (Å²) in [4.78, 5) is 25.2. The molecule has 1 aliphatic heterocycles. The SMILES string of the molecule is CC1(C)CC[C@]23CC[C@]4(C)[C@@H](CC[C@@H]5[C@@]6(C)CC[C@H](OC(=O)c7ccccc7C(=O)O)C(C)(C)[C@@H]6CC[C@]54C)[C@H]2[C@H]1OC3. The molecule has 0 radical (unpaired) electrons. The van der Waals surface area contributed by atoms with Crippen molar-refractivity contribution < 1.29 is 24.2 Å². The van der Waals surface area contributed by atoms with Gasteiger partial charge in [-0.2, -0.15) is 0 Å². The van der Waals surface area contributed by atoms with Gasteiger partial charge in [0.05, 0.1) is 23.8 Å². The molecule has 0 amide bonds. The Morgan fingerprint density at radius 2 is 1.49 bits per heavy atom. The average molecular weight is 591 g/mol. The van der Waals surface area contributed by atoms with Gasteiger partial charge in [-0.25, -0.2) is 9.59 Å². The van der Waals surface area contributed by atoms with Crippen LogP contribution in [0.4, 0.5) is 0 Å². The third-order valence-corrected chi connectivity index (χ3v) is 15.7. The van der Waals surface area contributed by atoms with Gasteiger partial charge in [0, 0.05) is 5.41 Å². The minimum atomic E-state index is -1.09. The van der Waals surface area contributed by atoms with Crippen LogP contribution in [0.5, 0.6) is 0 Å². The van der Waals surface area contributed by atoms with Crippen molar-refractivity contribution in [2.75, 3.05) is 6.61 Å². The smallest absolute Gasteiger partial charge is 0.339 e. The number of carboxylic acid groups (broad SMARTS) is 1. The van der Waals surface area contributed by atoms with Gasteiger partial charge in [-0.15, -0.1) is 0 Å². The summed E-state index contributed by atoms with van der Waals surface area (Å²) >= 11 is 0. The quantitative estimate of drug-likeness (QED) is 0.356. The van der Waals surface area contributed by atoms with Gasteiger partial charge in [-0.05, 0) is 127 Å². The summed E-state index contributed by atoms with van der Waals surface area (Å²) in [6.07, 6.45) is 12.4. The topological polar surface area (TPSA) is 72.8 Å². The molecule has 1 heterocycles. The standard InChI is InChI=1S/C38H54O5/c1-33(2)18-20-38-21-19-36(6)25(29(38)30(33)42-22-38)12-13-27-35(5)16-15-28(34(3,4)26(35)14-17-37(27,36)7)43-32(41)24-11-9-8-10-23(24)31(39)40/h8-11,25-30H,12-22H2,1-7H3,(H,39,40)/t25-,26-,27+,28-,29-,30+,35-,36+,37+,38+/m0/s1. The molecule has 0 aromatic heterocycles. The molecule has 5 saturated carbocycles. The highest BCUT2D eigenvalue weighted by molar-refractivity contribution is 6.02. The fraction of sp³-hybridized carbons (Fsp3) is 0.789. The van der Waals surface area contributed by atoms with E-state index >= 15 is 0 Å². The Balaban J connectivity index is 1.16. The number of hydrogen-bond donors (Lipinski definition) is 1. The lowest BCUT2D eigenvalue weighted by molar-refractivity contribution is -0.252. The zero-order valence-corrected chi connectivity index (χ0v) is 27.6. The van der Waals surface area contributed by atoms with Crippen molar-refractivity contribution >= 4 is 11.9 Å². The van der Waals surface area contributed by atoms with E-state index in [0.717, 1.165) is 25.4 Å². The Kier molecular flexibility index (Phi) is 6.47. The van der Waals surface area contributed by atoms with Gasteiger partial charge >= 0.3 is 11.9 Å². The van der Waals surface area contributed by atoms with Gasteiger partial charge in [-0.1, -0.05) is 60.6 Å². The molecule has 6 aliphatic rings. The van der Waals surface area contributed by atoms with Crippen molar-refractivity contribution in [3.63, 3.8) is 0 Å². The second kappa shape index (κ2) is 9.33. The molecule has 6 fully saturated rings. The van der Waals surface area contributed by atoms with Crippen LogP contribution in [-0.4, -0.2) is 35.9 Å². The number of aromatic carboxylic acids is 1. The van der Waals surface area contributed by atoms with E-state index in [9.17, 15) is 14.7 Å².